The first kappa shape index (κ1) is 17.8. The van der Waals surface area contributed by atoms with E-state index in [4.69, 9.17) is 9.97 Å². The minimum absolute atomic E-state index is 0.904. The summed E-state index contributed by atoms with van der Waals surface area (Å²) in [6.45, 7) is 0. The topological polar surface area (TPSA) is 43.1 Å². The Morgan fingerprint density at radius 2 is 1.43 bits per heavy atom. The van der Waals surface area contributed by atoms with Crippen molar-refractivity contribution >= 4 is 38.6 Å². The van der Waals surface area contributed by atoms with Crippen molar-refractivity contribution in [2.45, 2.75) is 12.8 Å². The summed E-state index contributed by atoms with van der Waals surface area (Å²) in [5.74, 6) is 0. The fourth-order valence-electron chi connectivity index (χ4n) is 6.43. The standard InChI is InChI=1S/C31H18N4/c1-2-6-20-17(5-1)13-18-14-24-19(15-23(18)20)16-25-21(24)9-10-26-30(25)35-27-8-4-12-33-29(27)28-22(31(35)34-26)7-3-11-32-28/h1-12,14-15H,13,16H2. The predicted octanol–water partition coefficient (Wildman–Crippen LogP) is 6.73. The molecule has 0 bridgehead atoms. The predicted molar refractivity (Wildman–Crippen MR) is 140 cm³/mol. The molecule has 2 aliphatic carbocycles. The second-order valence-corrected chi connectivity index (χ2v) is 9.68. The molecule has 9 rings (SSSR count). The van der Waals surface area contributed by atoms with E-state index in [1.54, 1.807) is 0 Å². The zero-order valence-corrected chi connectivity index (χ0v) is 18.8. The average molecular weight is 447 g/mol. The number of rotatable bonds is 0. The molecule has 0 radical (unpaired) electrons. The molecule has 0 N–H and O–H groups in total. The first-order valence-corrected chi connectivity index (χ1v) is 12.0. The lowest BCUT2D eigenvalue weighted by Gasteiger charge is -2.09. The zero-order chi connectivity index (χ0) is 22.7. The van der Waals surface area contributed by atoms with Crippen LogP contribution in [-0.2, 0) is 12.8 Å². The van der Waals surface area contributed by atoms with Crippen molar-refractivity contribution < 1.29 is 0 Å². The molecule has 0 aliphatic heterocycles. The van der Waals surface area contributed by atoms with Gasteiger partial charge in [0.2, 0.25) is 0 Å². The molecular weight excluding hydrogens is 428 g/mol. The number of imidazole rings is 1. The minimum Gasteiger partial charge on any atom is -0.290 e. The van der Waals surface area contributed by atoms with Crippen LogP contribution in [-0.4, -0.2) is 19.4 Å². The fourth-order valence-corrected chi connectivity index (χ4v) is 6.43. The van der Waals surface area contributed by atoms with E-state index in [-0.39, 0.29) is 0 Å². The summed E-state index contributed by atoms with van der Waals surface area (Å²) < 4.78 is 2.31. The van der Waals surface area contributed by atoms with Crippen LogP contribution in [0.3, 0.4) is 0 Å². The molecule has 3 aromatic carbocycles. The second kappa shape index (κ2) is 6.10. The van der Waals surface area contributed by atoms with Crippen LogP contribution in [0.25, 0.3) is 60.9 Å². The number of aromatic nitrogens is 4. The molecule has 0 atom stereocenters. The van der Waals surface area contributed by atoms with Gasteiger partial charge in [-0.1, -0.05) is 30.3 Å². The van der Waals surface area contributed by atoms with Gasteiger partial charge in [0, 0.05) is 24.2 Å². The summed E-state index contributed by atoms with van der Waals surface area (Å²) >= 11 is 0. The number of hydrogen-bond donors (Lipinski definition) is 0. The minimum atomic E-state index is 0.904. The van der Waals surface area contributed by atoms with Crippen LogP contribution in [0, 0.1) is 0 Å². The molecule has 4 heterocycles. The highest BCUT2D eigenvalue weighted by atomic mass is 15.0. The van der Waals surface area contributed by atoms with Crippen molar-refractivity contribution in [2.75, 3.05) is 0 Å². The maximum Gasteiger partial charge on any atom is 0.148 e. The molecule has 7 aromatic rings. The van der Waals surface area contributed by atoms with Gasteiger partial charge in [-0.15, -0.1) is 0 Å². The summed E-state index contributed by atoms with van der Waals surface area (Å²) in [4.78, 5) is 14.5. The Morgan fingerprint density at radius 3 is 2.37 bits per heavy atom. The van der Waals surface area contributed by atoms with Crippen molar-refractivity contribution in [3.05, 3.63) is 107 Å². The maximum atomic E-state index is 5.12. The highest BCUT2D eigenvalue weighted by Crippen LogP contribution is 2.46. The van der Waals surface area contributed by atoms with Crippen LogP contribution < -0.4 is 0 Å². The van der Waals surface area contributed by atoms with E-state index in [0.717, 1.165) is 45.9 Å². The number of fused-ring (bicyclic) bond motifs is 15. The molecule has 0 spiro atoms. The summed E-state index contributed by atoms with van der Waals surface area (Å²) in [5.41, 5.74) is 17.1. The van der Waals surface area contributed by atoms with Gasteiger partial charge in [-0.05, 0) is 93.4 Å². The van der Waals surface area contributed by atoms with Crippen LogP contribution in [0.15, 0.2) is 85.2 Å². The van der Waals surface area contributed by atoms with Crippen molar-refractivity contribution in [2.24, 2.45) is 0 Å². The maximum absolute atomic E-state index is 5.12. The normalized spacial score (nSPS) is 13.5. The third kappa shape index (κ3) is 2.15. The molecule has 2 aliphatic rings. The Hall–Kier alpha value is -4.57. The van der Waals surface area contributed by atoms with Crippen molar-refractivity contribution in [1.29, 1.82) is 0 Å². The molecule has 162 valence electrons. The van der Waals surface area contributed by atoms with Crippen molar-refractivity contribution in [3.8, 4) is 22.3 Å². The van der Waals surface area contributed by atoms with Gasteiger partial charge in [-0.3, -0.25) is 14.4 Å². The molecule has 4 heteroatoms. The van der Waals surface area contributed by atoms with Crippen LogP contribution in [0.1, 0.15) is 22.3 Å². The van der Waals surface area contributed by atoms with E-state index < -0.39 is 0 Å². The Balaban J connectivity index is 1.38. The Labute approximate surface area is 200 Å². The lowest BCUT2D eigenvalue weighted by molar-refractivity contribution is 1.22. The molecular formula is C31H18N4. The zero-order valence-electron chi connectivity index (χ0n) is 18.8. The molecule has 0 saturated heterocycles. The Bertz CT molecular complexity index is 2070. The smallest absolute Gasteiger partial charge is 0.148 e. The van der Waals surface area contributed by atoms with Gasteiger partial charge >= 0.3 is 0 Å². The van der Waals surface area contributed by atoms with Gasteiger partial charge in [0.1, 0.15) is 16.7 Å². The highest BCUT2D eigenvalue weighted by Gasteiger charge is 2.28. The molecule has 4 aromatic heterocycles. The summed E-state index contributed by atoms with van der Waals surface area (Å²) in [5, 5.41) is 1.04. The molecule has 0 amide bonds. The van der Waals surface area contributed by atoms with Crippen LogP contribution in [0.2, 0.25) is 0 Å². The van der Waals surface area contributed by atoms with E-state index in [1.165, 1.54) is 50.0 Å². The molecule has 4 nitrogen and oxygen atoms in total. The molecule has 0 saturated carbocycles. The summed E-state index contributed by atoms with van der Waals surface area (Å²) in [6, 6.07) is 26.4. The fraction of sp³-hybridized carbons (Fsp3) is 0.0645. The Kier molecular flexibility index (Phi) is 3.11. The van der Waals surface area contributed by atoms with Crippen LogP contribution >= 0.6 is 0 Å². The number of nitrogens with zero attached hydrogens (tertiary/aromatic N) is 4. The van der Waals surface area contributed by atoms with E-state index in [9.17, 15) is 0 Å². The van der Waals surface area contributed by atoms with Gasteiger partial charge < -0.3 is 0 Å². The van der Waals surface area contributed by atoms with Crippen LogP contribution in [0.5, 0.6) is 0 Å². The summed E-state index contributed by atoms with van der Waals surface area (Å²) in [6.07, 6.45) is 5.61. The third-order valence-corrected chi connectivity index (χ3v) is 7.90. The first-order chi connectivity index (χ1) is 17.3. The largest absolute Gasteiger partial charge is 0.290 e. The van der Waals surface area contributed by atoms with Gasteiger partial charge in [0.25, 0.3) is 0 Å². The monoisotopic (exact) mass is 446 g/mol. The van der Waals surface area contributed by atoms with E-state index in [1.807, 2.05) is 24.5 Å². The number of benzene rings is 3. The summed E-state index contributed by atoms with van der Waals surface area (Å²) in [7, 11) is 0. The van der Waals surface area contributed by atoms with Crippen LogP contribution in [0.4, 0.5) is 0 Å². The SMILES string of the molecule is c1ccc2c(c1)Cc1cc3c(cc1-2)Cc1c-3ccc2nc3c4cccnc4c4ncccc4n3c12. The lowest BCUT2D eigenvalue weighted by atomic mass is 9.98. The number of hydrogen-bond acceptors (Lipinski definition) is 3. The molecule has 0 fully saturated rings. The van der Waals surface area contributed by atoms with E-state index >= 15 is 0 Å². The number of pyridine rings is 3. The van der Waals surface area contributed by atoms with Gasteiger partial charge in [0.05, 0.1) is 16.6 Å². The van der Waals surface area contributed by atoms with E-state index in [0.29, 0.717) is 0 Å². The average Bonchev–Trinajstić information content (AvgIpc) is 3.58. The highest BCUT2D eigenvalue weighted by molar-refractivity contribution is 6.11. The van der Waals surface area contributed by atoms with Gasteiger partial charge in [-0.2, -0.15) is 0 Å². The van der Waals surface area contributed by atoms with Crippen molar-refractivity contribution in [1.82, 2.24) is 19.4 Å². The second-order valence-electron chi connectivity index (χ2n) is 9.68. The quantitative estimate of drug-likeness (QED) is 0.243. The molecule has 35 heavy (non-hydrogen) atoms. The van der Waals surface area contributed by atoms with Crippen molar-refractivity contribution in [3.63, 3.8) is 0 Å². The van der Waals surface area contributed by atoms with Gasteiger partial charge in [0.15, 0.2) is 0 Å². The lowest BCUT2D eigenvalue weighted by Crippen LogP contribution is -1.96. The van der Waals surface area contributed by atoms with E-state index in [2.05, 4.69) is 70.0 Å². The first-order valence-electron chi connectivity index (χ1n) is 12.0. The Morgan fingerprint density at radius 1 is 0.629 bits per heavy atom. The molecule has 0 unspecified atom stereocenters. The van der Waals surface area contributed by atoms with Gasteiger partial charge in [-0.25, -0.2) is 4.98 Å². The third-order valence-electron chi connectivity index (χ3n) is 7.90.